The van der Waals surface area contributed by atoms with E-state index in [2.05, 4.69) is 10.3 Å². The van der Waals surface area contributed by atoms with Gasteiger partial charge in [0.2, 0.25) is 0 Å². The van der Waals surface area contributed by atoms with Crippen molar-refractivity contribution in [3.63, 3.8) is 0 Å². The van der Waals surface area contributed by atoms with E-state index in [0.29, 0.717) is 22.2 Å². The van der Waals surface area contributed by atoms with Gasteiger partial charge in [0.1, 0.15) is 11.5 Å². The predicted molar refractivity (Wildman–Crippen MR) is 81.2 cm³/mol. The Bertz CT molecular complexity index is 772. The monoisotopic (exact) mass is 324 g/mol. The van der Waals surface area contributed by atoms with Crippen molar-refractivity contribution in [2.45, 2.75) is 0 Å². The zero-order chi connectivity index (χ0) is 16.3. The molecule has 0 spiro atoms. The third-order valence-electron chi connectivity index (χ3n) is 2.81. The summed E-state index contributed by atoms with van der Waals surface area (Å²) in [4.78, 5) is 25.6. The summed E-state index contributed by atoms with van der Waals surface area (Å²) < 4.78 is 10.2. The van der Waals surface area contributed by atoms with Gasteiger partial charge >= 0.3 is 0 Å². The Kier molecular flexibility index (Phi) is 4.57. The number of aromatic nitrogens is 1. The first kappa shape index (κ1) is 15.7. The minimum absolute atomic E-state index is 0.00257. The quantitative estimate of drug-likeness (QED) is 0.798. The molecule has 0 saturated carbocycles. The number of benzene rings is 1. The van der Waals surface area contributed by atoms with E-state index in [1.807, 2.05) is 0 Å². The average molecular weight is 325 g/mol. The van der Waals surface area contributed by atoms with E-state index in [1.165, 1.54) is 26.4 Å². The van der Waals surface area contributed by atoms with Crippen molar-refractivity contribution in [3.05, 3.63) is 45.2 Å². The molecule has 1 aromatic heterocycles. The van der Waals surface area contributed by atoms with Crippen LogP contribution in [0, 0.1) is 0 Å². The number of ether oxygens (including phenoxy) is 2. The molecule has 0 unspecified atom stereocenters. The van der Waals surface area contributed by atoms with Crippen molar-refractivity contribution in [2.24, 2.45) is 0 Å². The van der Waals surface area contributed by atoms with Crippen LogP contribution in [-0.4, -0.2) is 30.2 Å². The number of methoxy groups -OCH3 is 2. The fourth-order valence-electron chi connectivity index (χ4n) is 1.81. The SMILES string of the molecule is COc1cc(NC(=O)c2cc(O)[nH]c(=O)c2)c(OC)cc1Cl. The average Bonchev–Trinajstić information content (AvgIpc) is 2.47. The molecule has 0 aliphatic rings. The minimum Gasteiger partial charge on any atom is -0.495 e. The first-order valence-corrected chi connectivity index (χ1v) is 6.48. The van der Waals surface area contributed by atoms with Gasteiger partial charge in [-0.1, -0.05) is 11.6 Å². The molecule has 8 heteroatoms. The minimum atomic E-state index is -0.593. The van der Waals surface area contributed by atoms with Gasteiger partial charge < -0.3 is 19.9 Å². The number of anilines is 1. The number of hydrogen-bond acceptors (Lipinski definition) is 5. The molecule has 1 amide bonds. The van der Waals surface area contributed by atoms with Crippen LogP contribution >= 0.6 is 11.6 Å². The number of pyridine rings is 1. The molecule has 0 aliphatic carbocycles. The summed E-state index contributed by atoms with van der Waals surface area (Å²) in [5.74, 6) is -0.317. The number of nitrogens with one attached hydrogen (secondary N) is 2. The second-order valence-electron chi connectivity index (χ2n) is 4.26. The summed E-state index contributed by atoms with van der Waals surface area (Å²) in [5, 5.41) is 12.2. The maximum Gasteiger partial charge on any atom is 0.256 e. The summed E-state index contributed by atoms with van der Waals surface area (Å²) in [6.07, 6.45) is 0. The van der Waals surface area contributed by atoms with E-state index < -0.39 is 17.3 Å². The van der Waals surface area contributed by atoms with Crippen LogP contribution in [0.5, 0.6) is 17.4 Å². The highest BCUT2D eigenvalue weighted by molar-refractivity contribution is 6.32. The summed E-state index contributed by atoms with van der Waals surface area (Å²) in [7, 11) is 2.86. The molecular formula is C14H13ClN2O5. The molecule has 0 bridgehead atoms. The van der Waals surface area contributed by atoms with E-state index in [0.717, 1.165) is 12.1 Å². The van der Waals surface area contributed by atoms with Gasteiger partial charge in [0, 0.05) is 24.3 Å². The zero-order valence-corrected chi connectivity index (χ0v) is 12.5. The van der Waals surface area contributed by atoms with Crippen molar-refractivity contribution in [2.75, 3.05) is 19.5 Å². The molecule has 2 rings (SSSR count). The standard InChI is InChI=1S/C14H13ClN2O5/c1-21-10-6-9(11(22-2)5-8(10)15)16-14(20)7-3-12(18)17-13(19)4-7/h3-6H,1-2H3,(H,16,20)(H2,17,18,19). The Labute approximate surface area is 130 Å². The van der Waals surface area contributed by atoms with Gasteiger partial charge in [-0.05, 0) is 0 Å². The van der Waals surface area contributed by atoms with E-state index in [9.17, 15) is 14.7 Å². The Morgan fingerprint density at radius 2 is 1.86 bits per heavy atom. The lowest BCUT2D eigenvalue weighted by molar-refractivity contribution is 0.102. The molecule has 22 heavy (non-hydrogen) atoms. The number of carbonyl (C=O) groups is 1. The van der Waals surface area contributed by atoms with Gasteiger partial charge in [-0.25, -0.2) is 0 Å². The number of rotatable bonds is 4. The van der Waals surface area contributed by atoms with Crippen LogP contribution in [0.15, 0.2) is 29.1 Å². The summed E-state index contributed by atoms with van der Waals surface area (Å²) in [6, 6.07) is 5.18. The maximum atomic E-state index is 12.2. The maximum absolute atomic E-state index is 12.2. The highest BCUT2D eigenvalue weighted by atomic mass is 35.5. The Balaban J connectivity index is 2.37. The topological polar surface area (TPSA) is 101 Å². The smallest absolute Gasteiger partial charge is 0.256 e. The fourth-order valence-corrected chi connectivity index (χ4v) is 2.04. The summed E-state index contributed by atoms with van der Waals surface area (Å²) in [6.45, 7) is 0. The molecule has 1 aromatic carbocycles. The van der Waals surface area contributed by atoms with E-state index in [1.54, 1.807) is 0 Å². The number of carbonyl (C=O) groups excluding carboxylic acids is 1. The van der Waals surface area contributed by atoms with Crippen LogP contribution in [0.2, 0.25) is 5.02 Å². The molecule has 7 nitrogen and oxygen atoms in total. The molecule has 1 heterocycles. The third kappa shape index (κ3) is 3.32. The molecule has 116 valence electrons. The van der Waals surface area contributed by atoms with Crippen LogP contribution < -0.4 is 20.3 Å². The van der Waals surface area contributed by atoms with Gasteiger partial charge in [0.25, 0.3) is 11.5 Å². The Hall–Kier alpha value is -2.67. The van der Waals surface area contributed by atoms with Gasteiger partial charge in [0.15, 0.2) is 5.88 Å². The van der Waals surface area contributed by atoms with Crippen LogP contribution in [0.25, 0.3) is 0 Å². The molecule has 2 aromatic rings. The van der Waals surface area contributed by atoms with E-state index >= 15 is 0 Å². The van der Waals surface area contributed by atoms with Crippen LogP contribution in [0.3, 0.4) is 0 Å². The lowest BCUT2D eigenvalue weighted by Crippen LogP contribution is -2.16. The van der Waals surface area contributed by atoms with Crippen LogP contribution in [-0.2, 0) is 0 Å². The van der Waals surface area contributed by atoms with Gasteiger partial charge in [-0.3, -0.25) is 14.6 Å². The van der Waals surface area contributed by atoms with Gasteiger partial charge in [-0.2, -0.15) is 0 Å². The number of halogens is 1. The largest absolute Gasteiger partial charge is 0.495 e. The lowest BCUT2D eigenvalue weighted by atomic mass is 10.2. The van der Waals surface area contributed by atoms with Crippen LogP contribution in [0.1, 0.15) is 10.4 Å². The normalized spacial score (nSPS) is 10.1. The zero-order valence-electron chi connectivity index (χ0n) is 11.8. The number of aromatic hydroxyl groups is 1. The molecule has 0 radical (unpaired) electrons. The number of H-pyrrole nitrogens is 1. The second kappa shape index (κ2) is 6.40. The molecule has 0 saturated heterocycles. The molecular weight excluding hydrogens is 312 g/mol. The molecule has 0 fully saturated rings. The number of aromatic amines is 1. The van der Waals surface area contributed by atoms with Gasteiger partial charge in [0.05, 0.1) is 30.5 Å². The Morgan fingerprint density at radius 1 is 1.18 bits per heavy atom. The van der Waals surface area contributed by atoms with Crippen molar-refractivity contribution < 1.29 is 19.4 Å². The molecule has 0 aliphatic heterocycles. The van der Waals surface area contributed by atoms with E-state index in [-0.39, 0.29) is 5.56 Å². The van der Waals surface area contributed by atoms with Crippen molar-refractivity contribution in [1.29, 1.82) is 0 Å². The lowest BCUT2D eigenvalue weighted by Gasteiger charge is -2.13. The highest BCUT2D eigenvalue weighted by Crippen LogP contribution is 2.36. The summed E-state index contributed by atoms with van der Waals surface area (Å²) in [5.41, 5.74) is -0.281. The Morgan fingerprint density at radius 3 is 2.45 bits per heavy atom. The number of hydrogen-bond donors (Lipinski definition) is 3. The highest BCUT2D eigenvalue weighted by Gasteiger charge is 2.14. The third-order valence-corrected chi connectivity index (χ3v) is 3.11. The van der Waals surface area contributed by atoms with Crippen LogP contribution in [0.4, 0.5) is 5.69 Å². The van der Waals surface area contributed by atoms with Gasteiger partial charge in [-0.15, -0.1) is 0 Å². The van der Waals surface area contributed by atoms with Crippen molar-refractivity contribution in [3.8, 4) is 17.4 Å². The molecule has 3 N–H and O–H groups in total. The molecule has 0 atom stereocenters. The van der Waals surface area contributed by atoms with Crippen molar-refractivity contribution >= 4 is 23.2 Å². The summed E-state index contributed by atoms with van der Waals surface area (Å²) >= 11 is 5.98. The second-order valence-corrected chi connectivity index (χ2v) is 4.67. The fraction of sp³-hybridized carbons (Fsp3) is 0.143. The van der Waals surface area contributed by atoms with Crippen molar-refractivity contribution in [1.82, 2.24) is 4.98 Å². The first-order chi connectivity index (χ1) is 10.4. The predicted octanol–water partition coefficient (Wildman–Crippen LogP) is 2.00. The van der Waals surface area contributed by atoms with E-state index in [4.69, 9.17) is 21.1 Å². The first-order valence-electron chi connectivity index (χ1n) is 6.10. The number of amides is 1.